The molecule has 0 aromatic heterocycles. The zero-order chi connectivity index (χ0) is 15.5. The molecular weight excluding hydrogens is 274 g/mol. The number of ether oxygens (including phenoxy) is 2. The standard InChI is InChI=1S/C14H25N3O4/c1-10(12(18)16-13(19)15-2)17(3)11-4-6-14(7-5-11)20-8-9-21-14/h10-11H,4-9H2,1-3H3,(H2,15,16,18,19). The molecule has 120 valence electrons. The Labute approximate surface area is 125 Å². The van der Waals surface area contributed by atoms with Crippen molar-refractivity contribution in [1.29, 1.82) is 0 Å². The van der Waals surface area contributed by atoms with Crippen LogP contribution >= 0.6 is 0 Å². The van der Waals surface area contributed by atoms with E-state index in [9.17, 15) is 9.59 Å². The zero-order valence-electron chi connectivity index (χ0n) is 13.0. The first kappa shape index (κ1) is 16.2. The van der Waals surface area contributed by atoms with Gasteiger partial charge in [0.15, 0.2) is 5.79 Å². The van der Waals surface area contributed by atoms with Crippen molar-refractivity contribution in [3.8, 4) is 0 Å². The van der Waals surface area contributed by atoms with Gasteiger partial charge in [0, 0.05) is 25.9 Å². The van der Waals surface area contributed by atoms with Crippen molar-refractivity contribution in [1.82, 2.24) is 15.5 Å². The van der Waals surface area contributed by atoms with Gasteiger partial charge >= 0.3 is 6.03 Å². The Balaban J connectivity index is 1.84. The van der Waals surface area contributed by atoms with Gasteiger partial charge in [0.1, 0.15) is 0 Å². The Kier molecular flexibility index (Phi) is 5.18. The summed E-state index contributed by atoms with van der Waals surface area (Å²) in [5.41, 5.74) is 0. The number of nitrogens with one attached hydrogen (secondary N) is 2. The fourth-order valence-electron chi connectivity index (χ4n) is 3.02. The van der Waals surface area contributed by atoms with Crippen LogP contribution in [0.25, 0.3) is 0 Å². The summed E-state index contributed by atoms with van der Waals surface area (Å²) in [6.45, 7) is 3.15. The van der Waals surface area contributed by atoms with Gasteiger partial charge in [-0.2, -0.15) is 0 Å². The molecule has 1 spiro atoms. The van der Waals surface area contributed by atoms with Crippen LogP contribution < -0.4 is 10.6 Å². The molecule has 1 saturated heterocycles. The van der Waals surface area contributed by atoms with Crippen molar-refractivity contribution < 1.29 is 19.1 Å². The molecule has 1 aliphatic heterocycles. The maximum absolute atomic E-state index is 12.0. The summed E-state index contributed by atoms with van der Waals surface area (Å²) in [7, 11) is 3.41. The van der Waals surface area contributed by atoms with Crippen molar-refractivity contribution in [3.05, 3.63) is 0 Å². The molecule has 2 rings (SSSR count). The number of amides is 3. The molecular formula is C14H25N3O4. The number of hydrogen-bond acceptors (Lipinski definition) is 5. The van der Waals surface area contributed by atoms with Crippen LogP contribution in [0.15, 0.2) is 0 Å². The summed E-state index contributed by atoms with van der Waals surface area (Å²) < 4.78 is 11.4. The van der Waals surface area contributed by atoms with Gasteiger partial charge in [-0.25, -0.2) is 4.79 Å². The molecule has 3 amide bonds. The highest BCUT2D eigenvalue weighted by molar-refractivity contribution is 5.96. The molecule has 0 aromatic carbocycles. The van der Waals surface area contributed by atoms with Crippen molar-refractivity contribution in [2.24, 2.45) is 0 Å². The molecule has 0 radical (unpaired) electrons. The number of likely N-dealkylation sites (N-methyl/N-ethyl adjacent to an activating group) is 1. The smallest absolute Gasteiger partial charge is 0.321 e. The minimum absolute atomic E-state index is 0.287. The minimum Gasteiger partial charge on any atom is -0.348 e. The van der Waals surface area contributed by atoms with E-state index < -0.39 is 6.03 Å². The minimum atomic E-state index is -0.476. The number of hydrogen-bond donors (Lipinski definition) is 2. The van der Waals surface area contributed by atoms with Gasteiger partial charge in [0.05, 0.1) is 19.3 Å². The maximum atomic E-state index is 12.0. The molecule has 2 fully saturated rings. The number of carbonyl (C=O) groups excluding carboxylic acids is 2. The second kappa shape index (κ2) is 6.72. The van der Waals surface area contributed by atoms with Gasteiger partial charge in [0.2, 0.25) is 5.91 Å². The van der Waals surface area contributed by atoms with Crippen LogP contribution in [0.1, 0.15) is 32.6 Å². The zero-order valence-corrected chi connectivity index (χ0v) is 13.0. The summed E-state index contributed by atoms with van der Waals surface area (Å²) in [5.74, 6) is -0.671. The highest BCUT2D eigenvalue weighted by atomic mass is 16.7. The van der Waals surface area contributed by atoms with Gasteiger partial charge in [0.25, 0.3) is 0 Å². The van der Waals surface area contributed by atoms with Crippen LogP contribution in [0, 0.1) is 0 Å². The maximum Gasteiger partial charge on any atom is 0.321 e. The Hall–Kier alpha value is -1.18. The molecule has 1 unspecified atom stereocenters. The van der Waals surface area contributed by atoms with Crippen LogP contribution in [0.3, 0.4) is 0 Å². The van der Waals surface area contributed by atoms with Gasteiger partial charge in [-0.15, -0.1) is 0 Å². The Morgan fingerprint density at radius 1 is 1.24 bits per heavy atom. The first-order valence-electron chi connectivity index (χ1n) is 7.50. The van der Waals surface area contributed by atoms with Gasteiger partial charge < -0.3 is 14.8 Å². The summed E-state index contributed by atoms with van der Waals surface area (Å²) in [4.78, 5) is 25.2. The van der Waals surface area contributed by atoms with Gasteiger partial charge in [-0.05, 0) is 26.8 Å². The first-order chi connectivity index (χ1) is 9.97. The third-order valence-corrected chi connectivity index (χ3v) is 4.56. The van der Waals surface area contributed by atoms with E-state index in [1.165, 1.54) is 7.05 Å². The van der Waals surface area contributed by atoms with Crippen LogP contribution in [0.5, 0.6) is 0 Å². The molecule has 1 saturated carbocycles. The van der Waals surface area contributed by atoms with E-state index in [1.807, 2.05) is 18.9 Å². The second-order valence-electron chi connectivity index (χ2n) is 5.75. The van der Waals surface area contributed by atoms with Crippen LogP contribution in [0.4, 0.5) is 4.79 Å². The van der Waals surface area contributed by atoms with Gasteiger partial charge in [-0.1, -0.05) is 0 Å². The molecule has 0 bridgehead atoms. The number of rotatable bonds is 3. The summed E-state index contributed by atoms with van der Waals surface area (Å²) in [6.07, 6.45) is 3.56. The Morgan fingerprint density at radius 3 is 2.33 bits per heavy atom. The lowest BCUT2D eigenvalue weighted by Crippen LogP contribution is -2.52. The largest absolute Gasteiger partial charge is 0.348 e. The predicted octanol–water partition coefficient (Wildman–Crippen LogP) is 0.448. The van der Waals surface area contributed by atoms with Crippen LogP contribution in [-0.2, 0) is 14.3 Å². The summed E-state index contributed by atoms with van der Waals surface area (Å²) in [6, 6.07) is -0.531. The molecule has 1 atom stereocenters. The third kappa shape index (κ3) is 3.72. The quantitative estimate of drug-likeness (QED) is 0.791. The lowest BCUT2D eigenvalue weighted by Gasteiger charge is -2.40. The van der Waals surface area contributed by atoms with Crippen LogP contribution in [0.2, 0.25) is 0 Å². The molecule has 7 heteroatoms. The van der Waals surface area contributed by atoms with Crippen molar-refractivity contribution >= 4 is 11.9 Å². The number of imide groups is 1. The fourth-order valence-corrected chi connectivity index (χ4v) is 3.02. The highest BCUT2D eigenvalue weighted by Crippen LogP contribution is 2.37. The second-order valence-corrected chi connectivity index (χ2v) is 5.75. The van der Waals surface area contributed by atoms with Crippen molar-refractivity contribution in [2.75, 3.05) is 27.3 Å². The number of urea groups is 1. The lowest BCUT2D eigenvalue weighted by atomic mass is 9.88. The van der Waals surface area contributed by atoms with E-state index in [1.54, 1.807) is 0 Å². The summed E-state index contributed by atoms with van der Waals surface area (Å²) >= 11 is 0. The van der Waals surface area contributed by atoms with E-state index in [-0.39, 0.29) is 17.7 Å². The number of nitrogens with zero attached hydrogens (tertiary/aromatic N) is 1. The van der Waals surface area contributed by atoms with Crippen molar-refractivity contribution in [2.45, 2.75) is 50.5 Å². The molecule has 1 heterocycles. The van der Waals surface area contributed by atoms with Gasteiger partial charge in [-0.3, -0.25) is 15.0 Å². The fraction of sp³-hybridized carbons (Fsp3) is 0.857. The monoisotopic (exact) mass is 299 g/mol. The predicted molar refractivity (Wildman–Crippen MR) is 76.7 cm³/mol. The molecule has 7 nitrogen and oxygen atoms in total. The van der Waals surface area contributed by atoms with E-state index >= 15 is 0 Å². The SMILES string of the molecule is CNC(=O)NC(=O)C(C)N(C)C1CCC2(CC1)OCCO2. The van der Waals surface area contributed by atoms with Crippen molar-refractivity contribution in [3.63, 3.8) is 0 Å². The average Bonchev–Trinajstić information content (AvgIpc) is 2.94. The average molecular weight is 299 g/mol. The topological polar surface area (TPSA) is 79.9 Å². The molecule has 0 aromatic rings. The van der Waals surface area contributed by atoms with Crippen LogP contribution in [-0.4, -0.2) is 62.0 Å². The molecule has 2 aliphatic rings. The van der Waals surface area contributed by atoms with E-state index in [2.05, 4.69) is 10.6 Å². The third-order valence-electron chi connectivity index (χ3n) is 4.56. The van der Waals surface area contributed by atoms with E-state index in [4.69, 9.17) is 9.47 Å². The van der Waals surface area contributed by atoms with E-state index in [0.29, 0.717) is 19.3 Å². The lowest BCUT2D eigenvalue weighted by molar-refractivity contribution is -0.184. The molecule has 21 heavy (non-hydrogen) atoms. The first-order valence-corrected chi connectivity index (χ1v) is 7.50. The Bertz CT molecular complexity index is 386. The molecule has 1 aliphatic carbocycles. The number of carbonyl (C=O) groups is 2. The highest BCUT2D eigenvalue weighted by Gasteiger charge is 2.42. The normalized spacial score (nSPS) is 23.2. The summed E-state index contributed by atoms with van der Waals surface area (Å²) in [5, 5.41) is 4.70. The molecule has 2 N–H and O–H groups in total. The van der Waals surface area contributed by atoms with E-state index in [0.717, 1.165) is 25.7 Å². The Morgan fingerprint density at radius 2 is 1.81 bits per heavy atom.